The van der Waals surface area contributed by atoms with Crippen LogP contribution in [-0.2, 0) is 0 Å². The lowest BCUT2D eigenvalue weighted by Gasteiger charge is -1.95. The summed E-state index contributed by atoms with van der Waals surface area (Å²) in [5, 5.41) is 1.98. The van der Waals surface area contributed by atoms with Gasteiger partial charge in [0.05, 0.1) is 4.88 Å². The molecule has 3 N–H and O–H groups in total. The molecule has 0 aromatic carbocycles. The van der Waals surface area contributed by atoms with Crippen molar-refractivity contribution in [3.05, 3.63) is 21.9 Å². The fraction of sp³-hybridized carbons (Fsp3) is 0.143. The van der Waals surface area contributed by atoms with E-state index in [2.05, 4.69) is 0 Å². The minimum absolute atomic E-state index is 0.444. The molecular formula is C7H8N2O2S. The number of aryl methyl sites for hydroxylation is 1. The first-order valence-corrected chi connectivity index (χ1v) is 4.08. The molecule has 0 aliphatic carbocycles. The van der Waals surface area contributed by atoms with E-state index in [1.807, 2.05) is 12.2 Å². The van der Waals surface area contributed by atoms with Gasteiger partial charge in [0.1, 0.15) is 0 Å². The molecule has 64 valence electrons. The second-order valence-corrected chi connectivity index (χ2v) is 3.52. The van der Waals surface area contributed by atoms with Crippen LogP contribution in [-0.4, -0.2) is 11.9 Å². The van der Waals surface area contributed by atoms with Crippen LogP contribution >= 0.6 is 11.3 Å². The van der Waals surface area contributed by atoms with Gasteiger partial charge in [-0.05, 0) is 19.1 Å². The SMILES string of the molecule is Cc1ccc(C(=O)NC(N)=O)s1. The van der Waals surface area contributed by atoms with Crippen molar-refractivity contribution in [1.82, 2.24) is 5.32 Å². The number of urea groups is 1. The molecule has 0 fully saturated rings. The van der Waals surface area contributed by atoms with Crippen LogP contribution in [0.2, 0.25) is 0 Å². The van der Waals surface area contributed by atoms with Crippen LogP contribution in [0.15, 0.2) is 12.1 Å². The molecule has 0 unspecified atom stereocenters. The minimum Gasteiger partial charge on any atom is -0.351 e. The Morgan fingerprint density at radius 1 is 1.50 bits per heavy atom. The lowest BCUT2D eigenvalue weighted by molar-refractivity contribution is 0.0970. The molecule has 1 aromatic rings. The van der Waals surface area contributed by atoms with E-state index in [0.29, 0.717) is 4.88 Å². The first-order valence-electron chi connectivity index (χ1n) is 3.27. The average Bonchev–Trinajstić information content (AvgIpc) is 2.34. The van der Waals surface area contributed by atoms with Gasteiger partial charge in [-0.2, -0.15) is 0 Å². The van der Waals surface area contributed by atoms with Crippen LogP contribution in [0.25, 0.3) is 0 Å². The van der Waals surface area contributed by atoms with E-state index < -0.39 is 11.9 Å². The van der Waals surface area contributed by atoms with Crippen molar-refractivity contribution in [3.8, 4) is 0 Å². The molecule has 3 amide bonds. The van der Waals surface area contributed by atoms with Gasteiger partial charge < -0.3 is 5.73 Å². The number of amides is 3. The van der Waals surface area contributed by atoms with E-state index in [9.17, 15) is 9.59 Å². The van der Waals surface area contributed by atoms with Gasteiger partial charge in [-0.15, -0.1) is 11.3 Å². The second-order valence-electron chi connectivity index (χ2n) is 2.23. The summed E-state index contributed by atoms with van der Waals surface area (Å²) in [6, 6.07) is 2.63. The average molecular weight is 184 g/mol. The zero-order chi connectivity index (χ0) is 9.14. The van der Waals surface area contributed by atoms with Gasteiger partial charge >= 0.3 is 6.03 Å². The van der Waals surface area contributed by atoms with Crippen LogP contribution in [0.3, 0.4) is 0 Å². The predicted octanol–water partition coefficient (Wildman–Crippen LogP) is 0.865. The quantitative estimate of drug-likeness (QED) is 0.679. The number of nitrogens with one attached hydrogen (secondary N) is 1. The lowest BCUT2D eigenvalue weighted by Crippen LogP contribution is -2.34. The standard InChI is InChI=1S/C7H8N2O2S/c1-4-2-3-5(12-4)6(10)9-7(8)11/h2-3H,1H3,(H3,8,9,10,11). The molecule has 0 spiro atoms. The maximum Gasteiger partial charge on any atom is 0.319 e. The topological polar surface area (TPSA) is 72.2 Å². The van der Waals surface area contributed by atoms with Crippen LogP contribution < -0.4 is 11.1 Å². The summed E-state index contributed by atoms with van der Waals surface area (Å²) in [6.07, 6.45) is 0. The Balaban J connectivity index is 2.72. The largest absolute Gasteiger partial charge is 0.351 e. The maximum atomic E-state index is 11.1. The monoisotopic (exact) mass is 184 g/mol. The number of nitrogens with two attached hydrogens (primary N) is 1. The number of thiophene rings is 1. The minimum atomic E-state index is -0.828. The lowest BCUT2D eigenvalue weighted by atomic mass is 10.4. The van der Waals surface area contributed by atoms with Gasteiger partial charge in [0.15, 0.2) is 0 Å². The van der Waals surface area contributed by atoms with E-state index in [0.717, 1.165) is 4.88 Å². The van der Waals surface area contributed by atoms with E-state index >= 15 is 0 Å². The van der Waals surface area contributed by atoms with E-state index in [1.54, 1.807) is 12.1 Å². The van der Waals surface area contributed by atoms with Crippen LogP contribution in [0.1, 0.15) is 14.5 Å². The van der Waals surface area contributed by atoms with Gasteiger partial charge in [0, 0.05) is 4.88 Å². The highest BCUT2D eigenvalue weighted by atomic mass is 32.1. The number of primary amides is 1. The molecule has 0 saturated carbocycles. The Morgan fingerprint density at radius 2 is 2.17 bits per heavy atom. The zero-order valence-electron chi connectivity index (χ0n) is 6.46. The first-order chi connectivity index (χ1) is 5.59. The maximum absolute atomic E-state index is 11.1. The Hall–Kier alpha value is -1.36. The van der Waals surface area contributed by atoms with E-state index in [4.69, 9.17) is 5.73 Å². The molecule has 0 radical (unpaired) electrons. The van der Waals surface area contributed by atoms with Crippen molar-refractivity contribution in [1.29, 1.82) is 0 Å². The summed E-state index contributed by atoms with van der Waals surface area (Å²) in [4.78, 5) is 22.9. The molecular weight excluding hydrogens is 176 g/mol. The third kappa shape index (κ3) is 2.06. The van der Waals surface area contributed by atoms with Crippen molar-refractivity contribution in [2.24, 2.45) is 5.73 Å². The summed E-state index contributed by atoms with van der Waals surface area (Å²) in [7, 11) is 0. The molecule has 0 aliphatic rings. The Morgan fingerprint density at radius 3 is 2.58 bits per heavy atom. The summed E-state index contributed by atoms with van der Waals surface area (Å²) in [5.41, 5.74) is 4.77. The highest BCUT2D eigenvalue weighted by molar-refractivity contribution is 7.14. The number of hydrogen-bond acceptors (Lipinski definition) is 3. The third-order valence-corrected chi connectivity index (χ3v) is 2.20. The summed E-state index contributed by atoms with van der Waals surface area (Å²) < 4.78 is 0. The first kappa shape index (κ1) is 8.73. The van der Waals surface area contributed by atoms with Gasteiger partial charge in [-0.1, -0.05) is 0 Å². The summed E-state index contributed by atoms with van der Waals surface area (Å²) in [5.74, 6) is -0.444. The van der Waals surface area contributed by atoms with E-state index in [1.165, 1.54) is 11.3 Å². The van der Waals surface area contributed by atoms with Crippen molar-refractivity contribution < 1.29 is 9.59 Å². The fourth-order valence-corrected chi connectivity index (χ4v) is 1.49. The third-order valence-electron chi connectivity index (χ3n) is 1.20. The Labute approximate surface area is 73.4 Å². The van der Waals surface area contributed by atoms with Gasteiger partial charge in [0.25, 0.3) is 5.91 Å². The Kier molecular flexibility index (Phi) is 2.44. The molecule has 1 heterocycles. The zero-order valence-corrected chi connectivity index (χ0v) is 7.27. The molecule has 1 rings (SSSR count). The van der Waals surface area contributed by atoms with Crippen molar-refractivity contribution >= 4 is 23.3 Å². The normalized spacial score (nSPS) is 9.42. The highest BCUT2D eigenvalue weighted by Gasteiger charge is 2.08. The van der Waals surface area contributed by atoms with Crippen molar-refractivity contribution in [2.45, 2.75) is 6.92 Å². The van der Waals surface area contributed by atoms with Crippen LogP contribution in [0, 0.1) is 6.92 Å². The van der Waals surface area contributed by atoms with Gasteiger partial charge in [-0.25, -0.2) is 4.79 Å². The molecule has 1 aromatic heterocycles. The van der Waals surface area contributed by atoms with Gasteiger partial charge in [0.2, 0.25) is 0 Å². The molecule has 4 nitrogen and oxygen atoms in total. The number of hydrogen-bond donors (Lipinski definition) is 2. The molecule has 0 atom stereocenters. The molecule has 0 bridgehead atoms. The van der Waals surface area contributed by atoms with Crippen LogP contribution in [0.5, 0.6) is 0 Å². The second kappa shape index (κ2) is 3.36. The molecule has 12 heavy (non-hydrogen) atoms. The smallest absolute Gasteiger partial charge is 0.319 e. The van der Waals surface area contributed by atoms with Crippen molar-refractivity contribution in [3.63, 3.8) is 0 Å². The van der Waals surface area contributed by atoms with Crippen molar-refractivity contribution in [2.75, 3.05) is 0 Å². The highest BCUT2D eigenvalue weighted by Crippen LogP contribution is 2.14. The summed E-state index contributed by atoms with van der Waals surface area (Å²) in [6.45, 7) is 1.88. The number of carbonyl (C=O) groups is 2. The van der Waals surface area contributed by atoms with Gasteiger partial charge in [-0.3, -0.25) is 10.1 Å². The van der Waals surface area contributed by atoms with E-state index in [-0.39, 0.29) is 0 Å². The number of imide groups is 1. The predicted molar refractivity (Wildman–Crippen MR) is 46.1 cm³/mol. The molecule has 5 heteroatoms. The number of rotatable bonds is 1. The number of carbonyl (C=O) groups excluding carboxylic acids is 2. The van der Waals surface area contributed by atoms with Crippen LogP contribution in [0.4, 0.5) is 4.79 Å². The fourth-order valence-electron chi connectivity index (χ4n) is 0.730. The molecule has 0 saturated heterocycles. The Bertz CT molecular complexity index is 319. The summed E-state index contributed by atoms with van der Waals surface area (Å²) >= 11 is 1.32. The molecule has 0 aliphatic heterocycles.